The van der Waals surface area contributed by atoms with Crippen molar-refractivity contribution in [3.63, 3.8) is 0 Å². The molecule has 0 radical (unpaired) electrons. The smallest absolute Gasteiger partial charge is 0.263 e. The fourth-order valence-corrected chi connectivity index (χ4v) is 3.68. The van der Waals surface area contributed by atoms with Crippen molar-refractivity contribution in [3.05, 3.63) is 52.2 Å². The van der Waals surface area contributed by atoms with E-state index in [1.165, 1.54) is 11.3 Å². The molecule has 0 spiro atoms. The molecule has 0 atom stereocenters. The van der Waals surface area contributed by atoms with Crippen LogP contribution in [0.3, 0.4) is 0 Å². The number of methoxy groups -OCH3 is 1. The van der Waals surface area contributed by atoms with Gasteiger partial charge in [0.15, 0.2) is 0 Å². The van der Waals surface area contributed by atoms with Crippen molar-refractivity contribution < 1.29 is 14.3 Å². The Balaban J connectivity index is 1.45. The number of benzene rings is 1. The molecule has 6 heteroatoms. The summed E-state index contributed by atoms with van der Waals surface area (Å²) in [6.07, 6.45) is 1.95. The number of carbonyl (C=O) groups is 2. The lowest BCUT2D eigenvalue weighted by molar-refractivity contribution is -0.121. The van der Waals surface area contributed by atoms with Crippen LogP contribution in [0.25, 0.3) is 0 Å². The van der Waals surface area contributed by atoms with Gasteiger partial charge in [-0.15, -0.1) is 11.3 Å². The number of ether oxygens (including phenoxy) is 1. The van der Waals surface area contributed by atoms with E-state index in [9.17, 15) is 9.59 Å². The summed E-state index contributed by atoms with van der Waals surface area (Å²) in [6.45, 7) is 1.37. The summed E-state index contributed by atoms with van der Waals surface area (Å²) < 4.78 is 5.12. The summed E-state index contributed by atoms with van der Waals surface area (Å²) in [4.78, 5) is 27.2. The van der Waals surface area contributed by atoms with Crippen molar-refractivity contribution in [1.29, 1.82) is 0 Å². The van der Waals surface area contributed by atoms with E-state index >= 15 is 0 Å². The van der Waals surface area contributed by atoms with Gasteiger partial charge in [-0.2, -0.15) is 0 Å². The Bertz CT molecular complexity index is 705. The molecule has 132 valence electrons. The SMILES string of the molecule is COc1ccc(CC(=O)NC2CCN(C(=O)c3cccs3)CC2)cc1. The van der Waals surface area contributed by atoms with E-state index in [1.54, 1.807) is 7.11 Å². The molecule has 1 saturated heterocycles. The first-order chi connectivity index (χ1) is 12.2. The molecule has 1 fully saturated rings. The molecule has 25 heavy (non-hydrogen) atoms. The van der Waals surface area contributed by atoms with Crippen LogP contribution in [0.4, 0.5) is 0 Å². The first-order valence-corrected chi connectivity index (χ1v) is 9.29. The zero-order valence-corrected chi connectivity index (χ0v) is 15.1. The van der Waals surface area contributed by atoms with Crippen LogP contribution in [-0.4, -0.2) is 43.0 Å². The Morgan fingerprint density at radius 2 is 1.92 bits per heavy atom. The Hall–Kier alpha value is -2.34. The van der Waals surface area contributed by atoms with Gasteiger partial charge in [-0.25, -0.2) is 0 Å². The average Bonchev–Trinajstić information content (AvgIpc) is 3.17. The molecule has 3 rings (SSSR count). The maximum atomic E-state index is 12.3. The van der Waals surface area contributed by atoms with Crippen LogP contribution in [0, 0.1) is 0 Å². The number of hydrogen-bond donors (Lipinski definition) is 1. The van der Waals surface area contributed by atoms with Gasteiger partial charge in [0.25, 0.3) is 5.91 Å². The molecule has 5 nitrogen and oxygen atoms in total. The molecule has 0 aliphatic carbocycles. The number of nitrogens with zero attached hydrogens (tertiary/aromatic N) is 1. The molecule has 2 heterocycles. The maximum absolute atomic E-state index is 12.3. The second-order valence-electron chi connectivity index (χ2n) is 6.14. The highest BCUT2D eigenvalue weighted by atomic mass is 32.1. The van der Waals surface area contributed by atoms with Crippen LogP contribution in [0.5, 0.6) is 5.75 Å². The number of thiophene rings is 1. The fraction of sp³-hybridized carbons (Fsp3) is 0.368. The summed E-state index contributed by atoms with van der Waals surface area (Å²) >= 11 is 1.47. The highest BCUT2D eigenvalue weighted by Crippen LogP contribution is 2.17. The van der Waals surface area contributed by atoms with Gasteiger partial charge in [0.2, 0.25) is 5.91 Å². The number of rotatable bonds is 5. The number of piperidine rings is 1. The third kappa shape index (κ3) is 4.60. The summed E-state index contributed by atoms with van der Waals surface area (Å²) in [5, 5.41) is 5.00. The Kier molecular flexibility index (Phi) is 5.71. The zero-order chi connectivity index (χ0) is 17.6. The third-order valence-corrected chi connectivity index (χ3v) is 5.26. The standard InChI is InChI=1S/C19H22N2O3S/c1-24-16-6-4-14(5-7-16)13-18(22)20-15-8-10-21(11-9-15)19(23)17-3-2-12-25-17/h2-7,12,15H,8-11,13H2,1H3,(H,20,22). The van der Waals surface area contributed by atoms with Crippen molar-refractivity contribution in [3.8, 4) is 5.75 Å². The van der Waals surface area contributed by atoms with Crippen molar-refractivity contribution in [1.82, 2.24) is 10.2 Å². The molecule has 1 aliphatic heterocycles. The van der Waals surface area contributed by atoms with Crippen LogP contribution in [0.15, 0.2) is 41.8 Å². The second kappa shape index (κ2) is 8.16. The van der Waals surface area contributed by atoms with E-state index in [-0.39, 0.29) is 17.9 Å². The molecule has 0 saturated carbocycles. The Morgan fingerprint density at radius 3 is 2.52 bits per heavy atom. The van der Waals surface area contributed by atoms with Gasteiger partial charge in [-0.3, -0.25) is 9.59 Å². The van der Waals surface area contributed by atoms with Gasteiger partial charge in [0.05, 0.1) is 18.4 Å². The van der Waals surface area contributed by atoms with Crippen LogP contribution >= 0.6 is 11.3 Å². The summed E-state index contributed by atoms with van der Waals surface area (Å²) in [5.41, 5.74) is 0.962. The molecule has 0 bridgehead atoms. The number of amides is 2. The Labute approximate surface area is 151 Å². The van der Waals surface area contributed by atoms with Crippen molar-refractivity contribution in [2.24, 2.45) is 0 Å². The van der Waals surface area contributed by atoms with E-state index < -0.39 is 0 Å². The number of nitrogens with one attached hydrogen (secondary N) is 1. The van der Waals surface area contributed by atoms with Crippen molar-refractivity contribution in [2.75, 3.05) is 20.2 Å². The minimum absolute atomic E-state index is 0.0215. The van der Waals surface area contributed by atoms with E-state index in [4.69, 9.17) is 4.74 Å². The predicted molar refractivity (Wildman–Crippen MR) is 98.1 cm³/mol. The van der Waals surface area contributed by atoms with E-state index in [2.05, 4.69) is 5.32 Å². The number of likely N-dealkylation sites (tertiary alicyclic amines) is 1. The molecule has 2 amide bonds. The molecule has 1 aliphatic rings. The van der Waals surface area contributed by atoms with E-state index in [0.29, 0.717) is 19.5 Å². The Morgan fingerprint density at radius 1 is 1.20 bits per heavy atom. The van der Waals surface area contributed by atoms with E-state index in [1.807, 2.05) is 46.7 Å². The first kappa shape index (κ1) is 17.5. The third-order valence-electron chi connectivity index (χ3n) is 4.40. The maximum Gasteiger partial charge on any atom is 0.263 e. The van der Waals surface area contributed by atoms with Crippen molar-refractivity contribution >= 4 is 23.2 Å². The molecule has 1 aromatic heterocycles. The first-order valence-electron chi connectivity index (χ1n) is 8.41. The summed E-state index contributed by atoms with van der Waals surface area (Å²) in [5.74, 6) is 0.901. The number of hydrogen-bond acceptors (Lipinski definition) is 4. The molecule has 0 unspecified atom stereocenters. The second-order valence-corrected chi connectivity index (χ2v) is 7.08. The molecule has 1 N–H and O–H groups in total. The largest absolute Gasteiger partial charge is 0.497 e. The predicted octanol–water partition coefficient (Wildman–Crippen LogP) is 2.72. The molecule has 1 aromatic carbocycles. The lowest BCUT2D eigenvalue weighted by atomic mass is 10.0. The monoisotopic (exact) mass is 358 g/mol. The van der Waals surface area contributed by atoms with Crippen LogP contribution in [-0.2, 0) is 11.2 Å². The number of carbonyl (C=O) groups excluding carboxylic acids is 2. The summed E-state index contributed by atoms with van der Waals surface area (Å²) in [6, 6.07) is 11.4. The average molecular weight is 358 g/mol. The van der Waals surface area contributed by atoms with Gasteiger partial charge in [0, 0.05) is 19.1 Å². The summed E-state index contributed by atoms with van der Waals surface area (Å²) in [7, 11) is 1.62. The van der Waals surface area contributed by atoms with E-state index in [0.717, 1.165) is 29.0 Å². The highest BCUT2D eigenvalue weighted by molar-refractivity contribution is 7.12. The lowest BCUT2D eigenvalue weighted by Crippen LogP contribution is -2.46. The zero-order valence-electron chi connectivity index (χ0n) is 14.2. The molecule has 2 aromatic rings. The highest BCUT2D eigenvalue weighted by Gasteiger charge is 2.24. The normalized spacial score (nSPS) is 15.0. The fourth-order valence-electron chi connectivity index (χ4n) is 2.99. The van der Waals surface area contributed by atoms with Gasteiger partial charge < -0.3 is 15.0 Å². The molecular formula is C19H22N2O3S. The lowest BCUT2D eigenvalue weighted by Gasteiger charge is -2.32. The van der Waals surface area contributed by atoms with Gasteiger partial charge >= 0.3 is 0 Å². The van der Waals surface area contributed by atoms with Gasteiger partial charge in [-0.1, -0.05) is 18.2 Å². The van der Waals surface area contributed by atoms with Gasteiger partial charge in [-0.05, 0) is 42.0 Å². The topological polar surface area (TPSA) is 58.6 Å². The minimum atomic E-state index is 0.0215. The van der Waals surface area contributed by atoms with Crippen LogP contribution < -0.4 is 10.1 Å². The quantitative estimate of drug-likeness (QED) is 0.894. The molecular weight excluding hydrogens is 336 g/mol. The van der Waals surface area contributed by atoms with Crippen molar-refractivity contribution in [2.45, 2.75) is 25.3 Å². The van der Waals surface area contributed by atoms with Crippen LogP contribution in [0.2, 0.25) is 0 Å². The van der Waals surface area contributed by atoms with Gasteiger partial charge in [0.1, 0.15) is 5.75 Å². The minimum Gasteiger partial charge on any atom is -0.497 e. The van der Waals surface area contributed by atoms with Crippen LogP contribution in [0.1, 0.15) is 28.1 Å².